The molecule has 0 N–H and O–H groups in total. The third-order valence-corrected chi connectivity index (χ3v) is 2.69. The molecule has 0 aromatic heterocycles. The molecule has 4 nitrogen and oxygen atoms in total. The fraction of sp³-hybridized carbons (Fsp3) is 0.125. The predicted molar refractivity (Wildman–Crippen MR) is 77.8 cm³/mol. The van der Waals surface area contributed by atoms with Crippen molar-refractivity contribution in [2.75, 3.05) is 7.11 Å². The summed E-state index contributed by atoms with van der Waals surface area (Å²) in [6, 6.07) is 15.5. The number of oxime groups is 1. The third kappa shape index (κ3) is 3.45. The van der Waals surface area contributed by atoms with Crippen LogP contribution in [0.25, 0.3) is 11.1 Å². The van der Waals surface area contributed by atoms with Gasteiger partial charge < -0.3 is 9.57 Å². The van der Waals surface area contributed by atoms with Crippen molar-refractivity contribution in [1.82, 2.24) is 0 Å². The zero-order valence-corrected chi connectivity index (χ0v) is 11.4. The molecule has 2 rings (SSSR count). The first-order chi connectivity index (χ1) is 9.70. The molecule has 102 valence electrons. The van der Waals surface area contributed by atoms with Crippen LogP contribution in [0, 0.1) is 0 Å². The van der Waals surface area contributed by atoms with Gasteiger partial charge in [0.25, 0.3) is 0 Å². The molecule has 0 radical (unpaired) electrons. The second-order valence-corrected chi connectivity index (χ2v) is 4.14. The van der Waals surface area contributed by atoms with Crippen molar-refractivity contribution in [3.8, 4) is 16.9 Å². The summed E-state index contributed by atoms with van der Waals surface area (Å²) in [7, 11) is 1.63. The highest BCUT2D eigenvalue weighted by Crippen LogP contribution is 2.30. The quantitative estimate of drug-likeness (QED) is 0.486. The first kappa shape index (κ1) is 13.8. The summed E-state index contributed by atoms with van der Waals surface area (Å²) in [6.45, 7) is 1.31. The molecule has 0 aliphatic heterocycles. The van der Waals surface area contributed by atoms with Crippen LogP contribution in [-0.2, 0) is 9.63 Å². The Balaban J connectivity index is 2.35. The average Bonchev–Trinajstić information content (AvgIpc) is 2.47. The maximum atomic E-state index is 10.7. The van der Waals surface area contributed by atoms with Crippen LogP contribution in [-0.4, -0.2) is 19.3 Å². The predicted octanol–water partition coefficient (Wildman–Crippen LogP) is 3.26. The summed E-state index contributed by atoms with van der Waals surface area (Å²) in [5.74, 6) is 0.332. The smallest absolute Gasteiger partial charge is 0.331 e. The highest BCUT2D eigenvalue weighted by atomic mass is 16.7. The van der Waals surface area contributed by atoms with E-state index in [9.17, 15) is 4.79 Å². The Bertz CT molecular complexity index is 621. The van der Waals surface area contributed by atoms with Gasteiger partial charge in [0, 0.05) is 12.5 Å². The second-order valence-electron chi connectivity index (χ2n) is 4.14. The summed E-state index contributed by atoms with van der Waals surface area (Å²) < 4.78 is 5.37. The number of hydrogen-bond donors (Lipinski definition) is 0. The first-order valence-corrected chi connectivity index (χ1v) is 6.15. The van der Waals surface area contributed by atoms with E-state index < -0.39 is 5.97 Å². The highest BCUT2D eigenvalue weighted by molar-refractivity contribution is 5.84. The summed E-state index contributed by atoms with van der Waals surface area (Å²) in [4.78, 5) is 15.2. The molecule has 2 aromatic rings. The summed E-state index contributed by atoms with van der Waals surface area (Å²) in [6.07, 6.45) is 1.49. The largest absolute Gasteiger partial charge is 0.496 e. The van der Waals surface area contributed by atoms with E-state index in [1.165, 1.54) is 13.1 Å². The van der Waals surface area contributed by atoms with E-state index in [4.69, 9.17) is 4.74 Å². The van der Waals surface area contributed by atoms with Gasteiger partial charge in [-0.1, -0.05) is 35.5 Å². The van der Waals surface area contributed by atoms with Crippen LogP contribution in [0.2, 0.25) is 0 Å². The molecule has 0 unspecified atom stereocenters. The van der Waals surface area contributed by atoms with Crippen LogP contribution < -0.4 is 4.74 Å². The van der Waals surface area contributed by atoms with Gasteiger partial charge >= 0.3 is 5.97 Å². The number of rotatable bonds is 4. The van der Waals surface area contributed by atoms with E-state index >= 15 is 0 Å². The Morgan fingerprint density at radius 3 is 2.55 bits per heavy atom. The average molecular weight is 269 g/mol. The molecule has 0 bridgehead atoms. The van der Waals surface area contributed by atoms with Gasteiger partial charge in [0.2, 0.25) is 0 Å². The van der Waals surface area contributed by atoms with Gasteiger partial charge in [-0.25, -0.2) is 4.79 Å². The van der Waals surface area contributed by atoms with Crippen molar-refractivity contribution in [2.24, 2.45) is 5.16 Å². The number of benzene rings is 2. The second kappa shape index (κ2) is 6.52. The molecule has 4 heteroatoms. The molecule has 0 aliphatic rings. The SMILES string of the molecule is COc1ccc(C=NOC(C)=O)cc1-c1ccccc1. The number of nitrogens with zero attached hydrogens (tertiary/aromatic N) is 1. The molecule has 0 amide bonds. The van der Waals surface area contributed by atoms with Crippen LogP contribution in [0.1, 0.15) is 12.5 Å². The third-order valence-electron chi connectivity index (χ3n) is 2.69. The number of carbonyl (C=O) groups excluding carboxylic acids is 1. The zero-order valence-electron chi connectivity index (χ0n) is 11.4. The standard InChI is InChI=1S/C16H15NO3/c1-12(18)20-17-11-13-8-9-16(19-2)15(10-13)14-6-4-3-5-7-14/h3-11H,1-2H3. The van der Waals surface area contributed by atoms with Crippen molar-refractivity contribution < 1.29 is 14.4 Å². The number of ether oxygens (including phenoxy) is 1. The fourth-order valence-electron chi connectivity index (χ4n) is 1.81. The summed E-state index contributed by atoms with van der Waals surface area (Å²) in [5.41, 5.74) is 2.83. The minimum atomic E-state index is -0.446. The van der Waals surface area contributed by atoms with Crippen molar-refractivity contribution in [2.45, 2.75) is 6.92 Å². The molecule has 0 spiro atoms. The monoisotopic (exact) mass is 269 g/mol. The Kier molecular flexibility index (Phi) is 4.50. The molecule has 0 atom stereocenters. The van der Waals surface area contributed by atoms with Crippen LogP contribution in [0.15, 0.2) is 53.7 Å². The summed E-state index contributed by atoms with van der Waals surface area (Å²) >= 11 is 0. The molecule has 0 fully saturated rings. The Labute approximate surface area is 117 Å². The molecule has 0 saturated carbocycles. The van der Waals surface area contributed by atoms with E-state index in [1.807, 2.05) is 48.5 Å². The lowest BCUT2D eigenvalue weighted by molar-refractivity contribution is -0.140. The normalized spacial score (nSPS) is 10.5. The van der Waals surface area contributed by atoms with Crippen LogP contribution in [0.3, 0.4) is 0 Å². The molecular weight excluding hydrogens is 254 g/mol. The molecule has 0 saturated heterocycles. The van der Waals surface area contributed by atoms with Gasteiger partial charge in [-0.3, -0.25) is 0 Å². The number of hydrogen-bond acceptors (Lipinski definition) is 4. The van der Waals surface area contributed by atoms with E-state index in [0.717, 1.165) is 22.4 Å². The number of methoxy groups -OCH3 is 1. The first-order valence-electron chi connectivity index (χ1n) is 6.15. The van der Waals surface area contributed by atoms with Crippen molar-refractivity contribution >= 4 is 12.2 Å². The minimum absolute atomic E-state index is 0.446. The van der Waals surface area contributed by atoms with Gasteiger partial charge in [0.15, 0.2) is 0 Å². The van der Waals surface area contributed by atoms with E-state index in [1.54, 1.807) is 7.11 Å². The Hall–Kier alpha value is -2.62. The van der Waals surface area contributed by atoms with Gasteiger partial charge in [0.05, 0.1) is 13.3 Å². The highest BCUT2D eigenvalue weighted by Gasteiger charge is 2.06. The molecule has 0 heterocycles. The van der Waals surface area contributed by atoms with Crippen LogP contribution >= 0.6 is 0 Å². The van der Waals surface area contributed by atoms with Gasteiger partial charge in [-0.2, -0.15) is 0 Å². The molecule has 20 heavy (non-hydrogen) atoms. The summed E-state index contributed by atoms with van der Waals surface area (Å²) in [5, 5.41) is 3.62. The van der Waals surface area contributed by atoms with E-state index in [-0.39, 0.29) is 0 Å². The molecule has 0 aliphatic carbocycles. The Morgan fingerprint density at radius 1 is 1.15 bits per heavy atom. The van der Waals surface area contributed by atoms with Crippen molar-refractivity contribution in [3.05, 3.63) is 54.1 Å². The maximum Gasteiger partial charge on any atom is 0.331 e. The zero-order chi connectivity index (χ0) is 14.4. The van der Waals surface area contributed by atoms with Crippen LogP contribution in [0.5, 0.6) is 5.75 Å². The fourth-order valence-corrected chi connectivity index (χ4v) is 1.81. The van der Waals surface area contributed by atoms with E-state index in [2.05, 4.69) is 9.99 Å². The topological polar surface area (TPSA) is 47.9 Å². The lowest BCUT2D eigenvalue weighted by Crippen LogP contribution is -1.93. The van der Waals surface area contributed by atoms with Gasteiger partial charge in [-0.05, 0) is 29.3 Å². The van der Waals surface area contributed by atoms with Crippen molar-refractivity contribution in [3.63, 3.8) is 0 Å². The molecular formula is C16H15NO3. The maximum absolute atomic E-state index is 10.7. The Morgan fingerprint density at radius 2 is 1.90 bits per heavy atom. The lowest BCUT2D eigenvalue weighted by atomic mass is 10.0. The minimum Gasteiger partial charge on any atom is -0.496 e. The van der Waals surface area contributed by atoms with Crippen molar-refractivity contribution in [1.29, 1.82) is 0 Å². The lowest BCUT2D eigenvalue weighted by Gasteiger charge is -2.09. The van der Waals surface area contributed by atoms with Crippen LogP contribution in [0.4, 0.5) is 0 Å². The van der Waals surface area contributed by atoms with Gasteiger partial charge in [-0.15, -0.1) is 0 Å². The van der Waals surface area contributed by atoms with Gasteiger partial charge in [0.1, 0.15) is 5.75 Å². The van der Waals surface area contributed by atoms with E-state index in [0.29, 0.717) is 0 Å². The molecule has 2 aromatic carbocycles. The number of carbonyl (C=O) groups is 1.